The number of nitrogens with zero attached hydrogens (tertiary/aromatic N) is 1. The Balaban J connectivity index is 3.48. The number of halogens is 3. The molecule has 0 atom stereocenters. The Hall–Kier alpha value is -0.600. The fourth-order valence-corrected chi connectivity index (χ4v) is 2.60. The van der Waals surface area contributed by atoms with Gasteiger partial charge in [-0.25, -0.2) is 27.3 Å². The summed E-state index contributed by atoms with van der Waals surface area (Å²) in [5.74, 6) is 0. The van der Waals surface area contributed by atoms with E-state index in [0.29, 0.717) is 0 Å². The van der Waals surface area contributed by atoms with Crippen molar-refractivity contribution in [3.05, 3.63) is 21.8 Å². The summed E-state index contributed by atoms with van der Waals surface area (Å²) in [4.78, 5) is 3.39. The van der Waals surface area contributed by atoms with Crippen molar-refractivity contribution in [3.63, 3.8) is 0 Å². The Morgan fingerprint density at radius 1 is 1.53 bits per heavy atom. The first-order chi connectivity index (χ1) is 6.75. The highest BCUT2D eigenvalue weighted by atomic mass is 79.9. The quantitative estimate of drug-likeness (QED) is 0.904. The van der Waals surface area contributed by atoms with Gasteiger partial charge >= 0.3 is 0 Å². The zero-order valence-corrected chi connectivity index (χ0v) is 9.94. The van der Waals surface area contributed by atoms with Crippen molar-refractivity contribution >= 4 is 26.0 Å². The molecular weight excluding hydrogens is 294 g/mol. The molecule has 84 valence electrons. The first-order valence-corrected chi connectivity index (χ1v) is 6.05. The second-order valence-electron chi connectivity index (χ2n) is 2.80. The summed E-state index contributed by atoms with van der Waals surface area (Å²) in [5.41, 5.74) is -0.210. The molecule has 0 fully saturated rings. The average Bonchev–Trinajstić information content (AvgIpc) is 2.06. The summed E-state index contributed by atoms with van der Waals surface area (Å²) in [5, 5.41) is 4.40. The molecule has 0 radical (unpaired) electrons. The van der Waals surface area contributed by atoms with E-state index in [1.165, 1.54) is 6.92 Å². The molecule has 15 heavy (non-hydrogen) atoms. The van der Waals surface area contributed by atoms with E-state index in [0.717, 1.165) is 6.20 Å². The monoisotopic (exact) mass is 300 g/mol. The van der Waals surface area contributed by atoms with E-state index in [9.17, 15) is 17.2 Å². The molecule has 0 aromatic carbocycles. The van der Waals surface area contributed by atoms with E-state index in [-0.39, 0.29) is 15.6 Å². The van der Waals surface area contributed by atoms with Crippen LogP contribution < -0.4 is 5.14 Å². The fourth-order valence-electron chi connectivity index (χ4n) is 0.987. The van der Waals surface area contributed by atoms with Crippen molar-refractivity contribution in [3.8, 4) is 0 Å². The lowest BCUT2D eigenvalue weighted by molar-refractivity contribution is 0.150. The predicted octanol–water partition coefficient (Wildman–Crippen LogP) is 1.74. The van der Waals surface area contributed by atoms with Crippen LogP contribution in [0.25, 0.3) is 0 Å². The fraction of sp³-hybridized carbons (Fsp3) is 0.286. The molecule has 1 aromatic rings. The van der Waals surface area contributed by atoms with Crippen LogP contribution in [0.15, 0.2) is 15.7 Å². The van der Waals surface area contributed by atoms with Gasteiger partial charge < -0.3 is 0 Å². The Bertz CT molecular complexity index is 490. The third kappa shape index (κ3) is 2.50. The second-order valence-corrected chi connectivity index (χ2v) is 5.07. The van der Waals surface area contributed by atoms with Crippen LogP contribution >= 0.6 is 15.9 Å². The van der Waals surface area contributed by atoms with Crippen LogP contribution in [0, 0.1) is 6.92 Å². The van der Waals surface area contributed by atoms with Gasteiger partial charge in [-0.3, -0.25) is 0 Å². The molecule has 0 saturated heterocycles. The number of alkyl halides is 2. The number of pyridine rings is 1. The maximum Gasteiger partial charge on any atom is 0.265 e. The first-order valence-electron chi connectivity index (χ1n) is 3.71. The maximum atomic E-state index is 12.4. The van der Waals surface area contributed by atoms with Gasteiger partial charge in [-0.1, -0.05) is 0 Å². The predicted molar refractivity (Wildman–Crippen MR) is 53.0 cm³/mol. The maximum absolute atomic E-state index is 12.4. The van der Waals surface area contributed by atoms with Gasteiger partial charge in [-0.15, -0.1) is 0 Å². The molecule has 1 aromatic heterocycles. The molecule has 0 aliphatic carbocycles. The number of hydrogen-bond donors (Lipinski definition) is 1. The molecule has 1 rings (SSSR count). The number of nitrogens with two attached hydrogens (primary N) is 1. The molecule has 1 heterocycles. The molecule has 8 heteroatoms. The number of aromatic nitrogens is 1. The van der Waals surface area contributed by atoms with E-state index in [4.69, 9.17) is 5.14 Å². The summed E-state index contributed by atoms with van der Waals surface area (Å²) < 4.78 is 46.7. The Morgan fingerprint density at radius 3 is 2.47 bits per heavy atom. The number of primary sulfonamides is 1. The highest BCUT2D eigenvalue weighted by Crippen LogP contribution is 2.30. The zero-order chi connectivity index (χ0) is 11.8. The summed E-state index contributed by atoms with van der Waals surface area (Å²) >= 11 is 2.88. The first kappa shape index (κ1) is 12.5. The van der Waals surface area contributed by atoms with E-state index in [1.54, 1.807) is 0 Å². The van der Waals surface area contributed by atoms with Crippen LogP contribution in [0.3, 0.4) is 0 Å². The van der Waals surface area contributed by atoms with Crippen LogP contribution in [0.5, 0.6) is 0 Å². The lowest BCUT2D eigenvalue weighted by Crippen LogP contribution is -2.15. The molecule has 0 aliphatic heterocycles. The normalized spacial score (nSPS) is 12.1. The van der Waals surface area contributed by atoms with E-state index < -0.39 is 21.5 Å². The lowest BCUT2D eigenvalue weighted by atomic mass is 10.2. The van der Waals surface area contributed by atoms with Gasteiger partial charge in [0.15, 0.2) is 5.03 Å². The minimum atomic E-state index is -4.00. The smallest absolute Gasteiger partial charge is 0.242 e. The third-order valence-corrected chi connectivity index (χ3v) is 3.86. The molecule has 0 bridgehead atoms. The number of rotatable bonds is 2. The summed E-state index contributed by atoms with van der Waals surface area (Å²) in [6.07, 6.45) is -1.90. The summed E-state index contributed by atoms with van der Waals surface area (Å²) in [6, 6.07) is 0. The molecule has 0 amide bonds. The van der Waals surface area contributed by atoms with E-state index >= 15 is 0 Å². The molecule has 0 saturated carbocycles. The topological polar surface area (TPSA) is 73.0 Å². The van der Waals surface area contributed by atoms with Crippen molar-refractivity contribution in [1.82, 2.24) is 4.98 Å². The van der Waals surface area contributed by atoms with Gasteiger partial charge in [-0.05, 0) is 28.4 Å². The Kier molecular flexibility index (Phi) is 3.41. The van der Waals surface area contributed by atoms with Crippen molar-refractivity contribution < 1.29 is 17.2 Å². The minimum absolute atomic E-state index is 0.0252. The second kappa shape index (κ2) is 4.11. The van der Waals surface area contributed by atoms with Gasteiger partial charge in [-0.2, -0.15) is 0 Å². The van der Waals surface area contributed by atoms with Crippen molar-refractivity contribution in [2.75, 3.05) is 0 Å². The van der Waals surface area contributed by atoms with Crippen molar-refractivity contribution in [1.29, 1.82) is 0 Å². The molecule has 4 nitrogen and oxygen atoms in total. The standard InChI is InChI=1S/C7H7BrF2N2O2S/c1-3-4(6(9)10)2-12-7(5(3)8)15(11,13)14/h2,6H,1H3,(H2,11,13,14). The van der Waals surface area contributed by atoms with Crippen LogP contribution in [0.2, 0.25) is 0 Å². The average molecular weight is 301 g/mol. The number of sulfonamides is 1. The summed E-state index contributed by atoms with van der Waals surface area (Å²) in [7, 11) is -4.00. The largest absolute Gasteiger partial charge is 0.265 e. The molecule has 2 N–H and O–H groups in total. The van der Waals surface area contributed by atoms with Crippen LogP contribution in [-0.4, -0.2) is 13.4 Å². The highest BCUT2D eigenvalue weighted by Gasteiger charge is 2.21. The molecule has 0 unspecified atom stereocenters. The van der Waals surface area contributed by atoms with Crippen LogP contribution in [0.1, 0.15) is 17.6 Å². The molecule has 0 aliphatic rings. The highest BCUT2D eigenvalue weighted by molar-refractivity contribution is 9.10. The Labute approximate surface area is 93.7 Å². The summed E-state index contributed by atoms with van der Waals surface area (Å²) in [6.45, 7) is 1.36. The third-order valence-electron chi connectivity index (χ3n) is 1.78. The molecule has 0 spiro atoms. The van der Waals surface area contributed by atoms with Crippen LogP contribution in [0.4, 0.5) is 8.78 Å². The SMILES string of the molecule is Cc1c(C(F)F)cnc(S(N)(=O)=O)c1Br. The van der Waals surface area contributed by atoms with Gasteiger partial charge in [0.05, 0.1) is 4.47 Å². The lowest BCUT2D eigenvalue weighted by Gasteiger charge is -2.08. The van der Waals surface area contributed by atoms with E-state index in [1.807, 2.05) is 0 Å². The van der Waals surface area contributed by atoms with Gasteiger partial charge in [0.2, 0.25) is 0 Å². The van der Waals surface area contributed by atoms with Crippen molar-refractivity contribution in [2.24, 2.45) is 5.14 Å². The Morgan fingerprint density at radius 2 is 2.07 bits per heavy atom. The van der Waals surface area contributed by atoms with Gasteiger partial charge in [0.1, 0.15) is 0 Å². The van der Waals surface area contributed by atoms with Crippen LogP contribution in [-0.2, 0) is 10.0 Å². The number of hydrogen-bond acceptors (Lipinski definition) is 3. The van der Waals surface area contributed by atoms with Gasteiger partial charge in [0.25, 0.3) is 16.4 Å². The molecular formula is C7H7BrF2N2O2S. The zero-order valence-electron chi connectivity index (χ0n) is 7.54. The van der Waals surface area contributed by atoms with Gasteiger partial charge in [0, 0.05) is 11.8 Å². The minimum Gasteiger partial charge on any atom is -0.242 e. The van der Waals surface area contributed by atoms with Crippen molar-refractivity contribution in [2.45, 2.75) is 18.4 Å². The van der Waals surface area contributed by atoms with E-state index in [2.05, 4.69) is 20.9 Å².